The lowest BCUT2D eigenvalue weighted by atomic mass is 10.1. The highest BCUT2D eigenvalue weighted by Gasteiger charge is 2.12. The van der Waals surface area contributed by atoms with E-state index < -0.39 is 10.0 Å². The molecule has 0 aliphatic carbocycles. The molecule has 1 aromatic rings. The van der Waals surface area contributed by atoms with Crippen LogP contribution in [0.1, 0.15) is 33.3 Å². The minimum absolute atomic E-state index is 0. The number of para-hydroxylation sites is 1. The van der Waals surface area contributed by atoms with E-state index in [2.05, 4.69) is 41.1 Å². The molecule has 1 rings (SSSR count). The van der Waals surface area contributed by atoms with Crippen LogP contribution in [0.25, 0.3) is 0 Å². The van der Waals surface area contributed by atoms with Crippen LogP contribution in [0.2, 0.25) is 0 Å². The van der Waals surface area contributed by atoms with E-state index in [-0.39, 0.29) is 29.5 Å². The number of halogens is 1. The first-order valence-corrected chi connectivity index (χ1v) is 9.12. The number of hydrogen-bond acceptors (Lipinski definition) is 3. The van der Waals surface area contributed by atoms with Crippen LogP contribution >= 0.6 is 24.0 Å². The third-order valence-corrected chi connectivity index (χ3v) is 3.15. The number of nitrogens with zero attached hydrogens (tertiary/aromatic N) is 1. The lowest BCUT2D eigenvalue weighted by Crippen LogP contribution is -2.47. The van der Waals surface area contributed by atoms with Crippen molar-refractivity contribution in [3.63, 3.8) is 0 Å². The summed E-state index contributed by atoms with van der Waals surface area (Å²) >= 11 is 0. The van der Waals surface area contributed by atoms with Gasteiger partial charge in [0.15, 0.2) is 5.96 Å². The smallest absolute Gasteiger partial charge is 0.229 e. The fourth-order valence-corrected chi connectivity index (χ4v) is 2.38. The van der Waals surface area contributed by atoms with Crippen molar-refractivity contribution in [2.75, 3.05) is 17.5 Å². The topological polar surface area (TPSA) is 82.6 Å². The molecule has 0 aliphatic heterocycles. The molecule has 0 bridgehead atoms. The molecule has 0 amide bonds. The maximum Gasteiger partial charge on any atom is 0.229 e. The molecular formula is C15H27IN4O2S. The molecule has 23 heavy (non-hydrogen) atoms. The van der Waals surface area contributed by atoms with Gasteiger partial charge in [-0.2, -0.15) is 0 Å². The number of nitrogens with one attached hydrogen (secondary N) is 3. The Labute approximate surface area is 156 Å². The largest absolute Gasteiger partial charge is 0.357 e. The lowest BCUT2D eigenvalue weighted by Gasteiger charge is -2.23. The average Bonchev–Trinajstić information content (AvgIpc) is 2.34. The summed E-state index contributed by atoms with van der Waals surface area (Å²) in [4.78, 5) is 4.52. The van der Waals surface area contributed by atoms with E-state index in [0.29, 0.717) is 18.2 Å². The quantitative estimate of drug-likeness (QED) is 0.363. The number of rotatable bonds is 5. The summed E-state index contributed by atoms with van der Waals surface area (Å²) < 4.78 is 25.3. The maximum atomic E-state index is 11.4. The Kier molecular flexibility index (Phi) is 8.89. The zero-order valence-electron chi connectivity index (χ0n) is 14.3. The molecule has 132 valence electrons. The Morgan fingerprint density at radius 2 is 1.83 bits per heavy atom. The van der Waals surface area contributed by atoms with Crippen LogP contribution in [0.5, 0.6) is 0 Å². The van der Waals surface area contributed by atoms with Crippen molar-refractivity contribution in [1.29, 1.82) is 0 Å². The maximum absolute atomic E-state index is 11.4. The van der Waals surface area contributed by atoms with E-state index in [1.54, 1.807) is 12.1 Å². The molecule has 6 nitrogen and oxygen atoms in total. The van der Waals surface area contributed by atoms with E-state index in [1.165, 1.54) is 0 Å². The Hall–Kier alpha value is -1.03. The van der Waals surface area contributed by atoms with Crippen molar-refractivity contribution in [2.24, 2.45) is 4.99 Å². The predicted molar refractivity (Wildman–Crippen MR) is 108 cm³/mol. The first-order chi connectivity index (χ1) is 10.1. The molecular weight excluding hydrogens is 427 g/mol. The van der Waals surface area contributed by atoms with Crippen molar-refractivity contribution in [2.45, 2.75) is 39.8 Å². The van der Waals surface area contributed by atoms with Crippen LogP contribution in [0.15, 0.2) is 29.3 Å². The van der Waals surface area contributed by atoms with E-state index in [1.807, 2.05) is 19.1 Å². The molecule has 0 aromatic heterocycles. The zero-order valence-corrected chi connectivity index (χ0v) is 17.5. The summed E-state index contributed by atoms with van der Waals surface area (Å²) in [6.07, 6.45) is 1.14. The minimum Gasteiger partial charge on any atom is -0.357 e. The first kappa shape index (κ1) is 22.0. The molecule has 0 atom stereocenters. The molecule has 0 aliphatic rings. The van der Waals surface area contributed by atoms with Crippen molar-refractivity contribution < 1.29 is 8.42 Å². The SMILES string of the molecule is CCNC(=NCc1ccccc1NS(C)(=O)=O)NC(C)(C)C.I. The molecule has 0 radical (unpaired) electrons. The Balaban J connectivity index is 0.00000484. The van der Waals surface area contributed by atoms with E-state index in [4.69, 9.17) is 0 Å². The molecule has 0 heterocycles. The van der Waals surface area contributed by atoms with Gasteiger partial charge in [0.1, 0.15) is 0 Å². The molecule has 0 spiro atoms. The Morgan fingerprint density at radius 1 is 1.22 bits per heavy atom. The number of sulfonamides is 1. The van der Waals surface area contributed by atoms with E-state index in [0.717, 1.165) is 18.4 Å². The Bertz CT molecular complexity index is 625. The molecule has 0 saturated heterocycles. The fraction of sp³-hybridized carbons (Fsp3) is 0.533. The van der Waals surface area contributed by atoms with Crippen LogP contribution in [0.4, 0.5) is 5.69 Å². The molecule has 3 N–H and O–H groups in total. The zero-order chi connectivity index (χ0) is 16.8. The summed E-state index contributed by atoms with van der Waals surface area (Å²) in [6, 6.07) is 7.25. The fourth-order valence-electron chi connectivity index (χ4n) is 1.78. The highest BCUT2D eigenvalue weighted by Crippen LogP contribution is 2.17. The summed E-state index contributed by atoms with van der Waals surface area (Å²) in [5, 5.41) is 6.47. The third-order valence-electron chi connectivity index (χ3n) is 2.56. The van der Waals surface area contributed by atoms with Gasteiger partial charge in [0.2, 0.25) is 10.0 Å². The van der Waals surface area contributed by atoms with Gasteiger partial charge in [-0.1, -0.05) is 18.2 Å². The lowest BCUT2D eigenvalue weighted by molar-refractivity contribution is 0.501. The van der Waals surface area contributed by atoms with Crippen LogP contribution in [-0.2, 0) is 16.6 Å². The minimum atomic E-state index is -3.31. The number of aliphatic imine (C=N–C) groups is 1. The standard InChI is InChI=1S/C15H26N4O2S.HI/c1-6-16-14(18-15(2,3)4)17-11-12-9-7-8-10-13(12)19-22(5,20)21;/h7-10,19H,6,11H2,1-5H3,(H2,16,17,18);1H. The molecule has 0 fully saturated rings. The summed E-state index contributed by atoms with van der Waals surface area (Å²) in [5.74, 6) is 0.698. The highest BCUT2D eigenvalue weighted by atomic mass is 127. The van der Waals surface area contributed by atoms with Crippen LogP contribution in [-0.4, -0.2) is 32.7 Å². The van der Waals surface area contributed by atoms with Crippen LogP contribution < -0.4 is 15.4 Å². The number of guanidine groups is 1. The highest BCUT2D eigenvalue weighted by molar-refractivity contribution is 14.0. The monoisotopic (exact) mass is 454 g/mol. The predicted octanol–water partition coefficient (Wildman–Crippen LogP) is 2.53. The van der Waals surface area contributed by atoms with E-state index in [9.17, 15) is 8.42 Å². The van der Waals surface area contributed by atoms with E-state index >= 15 is 0 Å². The van der Waals surface area contributed by atoms with Gasteiger partial charge in [-0.25, -0.2) is 13.4 Å². The number of anilines is 1. The third kappa shape index (κ3) is 9.65. The second-order valence-corrected chi connectivity index (χ2v) is 7.85. The van der Waals surface area contributed by atoms with Crippen molar-refractivity contribution in [1.82, 2.24) is 10.6 Å². The number of benzene rings is 1. The number of hydrogen-bond donors (Lipinski definition) is 3. The van der Waals surface area contributed by atoms with Crippen molar-refractivity contribution in [3.05, 3.63) is 29.8 Å². The molecule has 0 unspecified atom stereocenters. The van der Waals surface area contributed by atoms with Gasteiger partial charge in [0.05, 0.1) is 18.5 Å². The average molecular weight is 454 g/mol. The van der Waals surface area contributed by atoms with Crippen LogP contribution in [0, 0.1) is 0 Å². The van der Waals surface area contributed by atoms with Gasteiger partial charge in [0, 0.05) is 12.1 Å². The van der Waals surface area contributed by atoms with Gasteiger partial charge in [-0.3, -0.25) is 4.72 Å². The Morgan fingerprint density at radius 3 is 2.35 bits per heavy atom. The second kappa shape index (κ2) is 9.31. The second-order valence-electron chi connectivity index (χ2n) is 6.10. The van der Waals surface area contributed by atoms with Gasteiger partial charge in [-0.15, -0.1) is 24.0 Å². The summed E-state index contributed by atoms with van der Waals surface area (Å²) in [5.41, 5.74) is 1.27. The van der Waals surface area contributed by atoms with Gasteiger partial charge < -0.3 is 10.6 Å². The van der Waals surface area contributed by atoms with Gasteiger partial charge in [0.25, 0.3) is 0 Å². The van der Waals surface area contributed by atoms with Gasteiger partial charge in [-0.05, 0) is 39.3 Å². The molecule has 1 aromatic carbocycles. The normalized spacial score (nSPS) is 12.3. The van der Waals surface area contributed by atoms with Gasteiger partial charge >= 0.3 is 0 Å². The van der Waals surface area contributed by atoms with Crippen molar-refractivity contribution in [3.8, 4) is 0 Å². The molecule has 0 saturated carbocycles. The summed E-state index contributed by atoms with van der Waals surface area (Å²) in [7, 11) is -3.31. The van der Waals surface area contributed by atoms with Crippen molar-refractivity contribution >= 4 is 45.6 Å². The first-order valence-electron chi connectivity index (χ1n) is 7.23. The van der Waals surface area contributed by atoms with Crippen LogP contribution in [0.3, 0.4) is 0 Å². The summed E-state index contributed by atoms with van der Waals surface area (Å²) in [6.45, 7) is 9.30. The molecule has 8 heteroatoms.